The fraction of sp³-hybridized carbons (Fsp3) is 0.118. The number of pyridine rings is 1. The first-order chi connectivity index (χ1) is 11.8. The number of anilines is 1. The Morgan fingerprint density at radius 3 is 2.96 bits per heavy atom. The second kappa shape index (κ2) is 6.11. The van der Waals surface area contributed by atoms with E-state index < -0.39 is 11.9 Å². The van der Waals surface area contributed by atoms with E-state index in [0.717, 1.165) is 24.0 Å². The number of nitrogens with one attached hydrogen (secondary N) is 1. The van der Waals surface area contributed by atoms with E-state index in [1.165, 1.54) is 18.5 Å². The molecule has 1 atom stereocenters. The second-order valence-corrected chi connectivity index (χ2v) is 5.22. The van der Waals surface area contributed by atoms with Gasteiger partial charge >= 0.3 is 0 Å². The lowest BCUT2D eigenvalue weighted by Crippen LogP contribution is -2.13. The van der Waals surface area contributed by atoms with Crippen molar-refractivity contribution in [3.63, 3.8) is 0 Å². The van der Waals surface area contributed by atoms with E-state index in [2.05, 4.69) is 20.4 Å². The van der Waals surface area contributed by atoms with Crippen LogP contribution < -0.4 is 10.1 Å². The van der Waals surface area contributed by atoms with Gasteiger partial charge in [-0.1, -0.05) is 17.3 Å². The number of fused-ring (bicyclic) bond motifs is 1. The van der Waals surface area contributed by atoms with Crippen LogP contribution >= 0.6 is 0 Å². The number of hydrogen-bond acceptors (Lipinski definition) is 6. The zero-order chi connectivity index (χ0) is 16.4. The van der Waals surface area contributed by atoms with Crippen molar-refractivity contribution >= 4 is 11.8 Å². The van der Waals surface area contributed by atoms with Gasteiger partial charge in [-0.15, -0.1) is 0 Å². The highest BCUT2D eigenvalue weighted by molar-refractivity contribution is 5.71. The third-order valence-corrected chi connectivity index (χ3v) is 3.62. The van der Waals surface area contributed by atoms with Crippen molar-refractivity contribution in [2.75, 3.05) is 11.9 Å². The van der Waals surface area contributed by atoms with Crippen molar-refractivity contribution < 1.29 is 13.7 Å². The van der Waals surface area contributed by atoms with E-state index in [1.54, 1.807) is 0 Å². The van der Waals surface area contributed by atoms with E-state index >= 15 is 0 Å². The lowest BCUT2D eigenvalue weighted by molar-refractivity contribution is 0.225. The SMILES string of the molecule is Fc1ccc(C(Oc2ccc3c(c2)C=CCN3)c2ncon2)nc1. The Kier molecular flexibility index (Phi) is 3.66. The summed E-state index contributed by atoms with van der Waals surface area (Å²) >= 11 is 0. The molecule has 1 aliphatic rings. The number of nitrogens with zero attached hydrogens (tertiary/aromatic N) is 3. The summed E-state index contributed by atoms with van der Waals surface area (Å²) in [5.74, 6) is 0.527. The van der Waals surface area contributed by atoms with E-state index in [4.69, 9.17) is 9.26 Å². The van der Waals surface area contributed by atoms with E-state index in [9.17, 15) is 4.39 Å². The van der Waals surface area contributed by atoms with Crippen molar-refractivity contribution in [2.45, 2.75) is 6.10 Å². The van der Waals surface area contributed by atoms with Gasteiger partial charge in [0.2, 0.25) is 18.3 Å². The number of benzene rings is 1. The van der Waals surface area contributed by atoms with Gasteiger partial charge in [0, 0.05) is 17.8 Å². The average Bonchev–Trinajstić information content (AvgIpc) is 3.15. The summed E-state index contributed by atoms with van der Waals surface area (Å²) in [6.07, 6.45) is 5.71. The van der Waals surface area contributed by atoms with Gasteiger partial charge in [0.25, 0.3) is 0 Å². The van der Waals surface area contributed by atoms with Crippen LogP contribution in [0.3, 0.4) is 0 Å². The fourth-order valence-corrected chi connectivity index (χ4v) is 2.49. The Hall–Kier alpha value is -3.22. The molecule has 2 aromatic heterocycles. The number of halogens is 1. The summed E-state index contributed by atoms with van der Waals surface area (Å²) in [5, 5.41) is 7.10. The van der Waals surface area contributed by atoms with E-state index in [1.807, 2.05) is 30.4 Å². The number of aromatic nitrogens is 3. The van der Waals surface area contributed by atoms with E-state index in [0.29, 0.717) is 17.3 Å². The molecule has 0 saturated heterocycles. The molecule has 0 radical (unpaired) electrons. The third kappa shape index (κ3) is 2.83. The molecule has 0 fully saturated rings. The normalized spacial score (nSPS) is 13.9. The fourth-order valence-electron chi connectivity index (χ4n) is 2.49. The van der Waals surface area contributed by atoms with Crippen molar-refractivity contribution in [1.82, 2.24) is 15.1 Å². The molecule has 0 bridgehead atoms. The van der Waals surface area contributed by atoms with Gasteiger partial charge in [-0.3, -0.25) is 4.98 Å². The molecule has 7 heteroatoms. The average molecular weight is 324 g/mol. The highest BCUT2D eigenvalue weighted by Gasteiger charge is 2.23. The van der Waals surface area contributed by atoms with Gasteiger partial charge in [0.05, 0.1) is 11.9 Å². The van der Waals surface area contributed by atoms with Gasteiger partial charge < -0.3 is 14.6 Å². The Morgan fingerprint density at radius 2 is 2.17 bits per heavy atom. The van der Waals surface area contributed by atoms with Crippen molar-refractivity contribution in [3.8, 4) is 5.75 Å². The molecule has 1 aromatic carbocycles. The van der Waals surface area contributed by atoms with Crippen molar-refractivity contribution in [3.05, 3.63) is 71.9 Å². The lowest BCUT2D eigenvalue weighted by atomic mass is 10.1. The van der Waals surface area contributed by atoms with Gasteiger partial charge in [0.15, 0.2) is 0 Å². The van der Waals surface area contributed by atoms with E-state index in [-0.39, 0.29) is 0 Å². The van der Waals surface area contributed by atoms with Crippen LogP contribution in [0.2, 0.25) is 0 Å². The van der Waals surface area contributed by atoms with Gasteiger partial charge in [-0.05, 0) is 30.3 Å². The topological polar surface area (TPSA) is 73.1 Å². The van der Waals surface area contributed by atoms with Crippen LogP contribution in [0.4, 0.5) is 10.1 Å². The van der Waals surface area contributed by atoms with Crippen LogP contribution in [-0.2, 0) is 0 Å². The molecule has 120 valence electrons. The molecule has 3 heterocycles. The standard InChI is InChI=1S/C17H13FN4O2/c18-12-3-5-15(20-9-12)16(17-21-10-23-22-17)24-13-4-6-14-11(8-13)2-1-7-19-14/h1-6,8-10,16,19H,7H2. The molecular formula is C17H13FN4O2. The summed E-state index contributed by atoms with van der Waals surface area (Å²) in [7, 11) is 0. The van der Waals surface area contributed by atoms with Crippen LogP contribution in [0.15, 0.2) is 53.5 Å². The largest absolute Gasteiger partial charge is 0.476 e. The zero-order valence-corrected chi connectivity index (χ0v) is 12.5. The Morgan fingerprint density at radius 1 is 1.21 bits per heavy atom. The maximum atomic E-state index is 13.1. The molecule has 0 amide bonds. The van der Waals surface area contributed by atoms with Crippen LogP contribution in [-0.4, -0.2) is 21.7 Å². The van der Waals surface area contributed by atoms with Gasteiger partial charge in [-0.2, -0.15) is 4.98 Å². The highest BCUT2D eigenvalue weighted by Crippen LogP contribution is 2.30. The molecule has 1 unspecified atom stereocenters. The molecule has 1 aliphatic heterocycles. The first-order valence-electron chi connectivity index (χ1n) is 7.38. The molecule has 0 aliphatic carbocycles. The summed E-state index contributed by atoms with van der Waals surface area (Å²) in [6, 6.07) is 8.56. The van der Waals surface area contributed by atoms with Crippen LogP contribution in [0.25, 0.3) is 6.08 Å². The minimum Gasteiger partial charge on any atom is -0.476 e. The smallest absolute Gasteiger partial charge is 0.218 e. The summed E-state index contributed by atoms with van der Waals surface area (Å²) < 4.78 is 24.0. The maximum absolute atomic E-state index is 13.1. The Bertz CT molecular complexity index is 863. The highest BCUT2D eigenvalue weighted by atomic mass is 19.1. The first-order valence-corrected chi connectivity index (χ1v) is 7.38. The molecule has 0 spiro atoms. The molecular weight excluding hydrogens is 311 g/mol. The Balaban J connectivity index is 1.68. The summed E-state index contributed by atoms with van der Waals surface area (Å²) in [6.45, 7) is 0.804. The minimum absolute atomic E-state index is 0.320. The van der Waals surface area contributed by atoms with Crippen LogP contribution in [0.5, 0.6) is 5.75 Å². The predicted molar refractivity (Wildman–Crippen MR) is 84.9 cm³/mol. The monoisotopic (exact) mass is 324 g/mol. The summed E-state index contributed by atoms with van der Waals surface area (Å²) in [5.41, 5.74) is 2.56. The number of rotatable bonds is 4. The minimum atomic E-state index is -0.692. The maximum Gasteiger partial charge on any atom is 0.218 e. The van der Waals surface area contributed by atoms with Crippen LogP contribution in [0, 0.1) is 5.82 Å². The molecule has 0 saturated carbocycles. The van der Waals surface area contributed by atoms with Crippen molar-refractivity contribution in [2.24, 2.45) is 0 Å². The molecule has 1 N–H and O–H groups in total. The molecule has 4 rings (SSSR count). The lowest BCUT2D eigenvalue weighted by Gasteiger charge is -2.18. The first kappa shape index (κ1) is 14.4. The third-order valence-electron chi connectivity index (χ3n) is 3.62. The number of hydrogen-bond donors (Lipinski definition) is 1. The van der Waals surface area contributed by atoms with Crippen LogP contribution in [0.1, 0.15) is 23.2 Å². The van der Waals surface area contributed by atoms with Gasteiger partial charge in [-0.25, -0.2) is 4.39 Å². The predicted octanol–water partition coefficient (Wildman–Crippen LogP) is 3.21. The van der Waals surface area contributed by atoms with Gasteiger partial charge in [0.1, 0.15) is 11.6 Å². The zero-order valence-electron chi connectivity index (χ0n) is 12.5. The second-order valence-electron chi connectivity index (χ2n) is 5.22. The quantitative estimate of drug-likeness (QED) is 0.794. The molecule has 6 nitrogen and oxygen atoms in total. The Labute approximate surface area is 137 Å². The molecule has 3 aromatic rings. The molecule has 24 heavy (non-hydrogen) atoms. The summed E-state index contributed by atoms with van der Waals surface area (Å²) in [4.78, 5) is 8.11. The number of ether oxygens (including phenoxy) is 1. The van der Waals surface area contributed by atoms with Crippen molar-refractivity contribution in [1.29, 1.82) is 0 Å².